The number of rotatable bonds is 7. The van der Waals surface area contributed by atoms with Gasteiger partial charge < -0.3 is 19.4 Å². The van der Waals surface area contributed by atoms with Gasteiger partial charge in [0.1, 0.15) is 11.9 Å². The number of carbonyl (C=O) groups is 1. The zero-order valence-electron chi connectivity index (χ0n) is 16.9. The molecule has 2 heterocycles. The average molecular weight is 391 g/mol. The molecule has 1 aliphatic rings. The molecule has 0 bridgehead atoms. The molecule has 0 aliphatic carbocycles. The highest BCUT2D eigenvalue weighted by molar-refractivity contribution is 5.81. The number of fused-ring (bicyclic) bond motifs is 1. The van der Waals surface area contributed by atoms with Crippen LogP contribution >= 0.6 is 0 Å². The summed E-state index contributed by atoms with van der Waals surface area (Å²) in [5.41, 5.74) is 1.42. The van der Waals surface area contributed by atoms with Crippen LogP contribution in [-0.4, -0.2) is 64.8 Å². The molecule has 2 aromatic rings. The van der Waals surface area contributed by atoms with Crippen molar-refractivity contribution in [2.45, 2.75) is 45.6 Å². The van der Waals surface area contributed by atoms with E-state index in [0.29, 0.717) is 24.6 Å². The summed E-state index contributed by atoms with van der Waals surface area (Å²) in [6.45, 7) is 9.48. The number of piperidine rings is 1. The molecule has 1 saturated heterocycles. The fourth-order valence-electron chi connectivity index (χ4n) is 3.81. The van der Waals surface area contributed by atoms with Gasteiger partial charge in [-0.3, -0.25) is 4.79 Å². The highest BCUT2D eigenvalue weighted by Crippen LogP contribution is 2.32. The molecule has 3 rings (SSSR count). The first-order valence-electron chi connectivity index (χ1n) is 10.1. The molecule has 0 spiro atoms. The maximum atomic E-state index is 13.3. The number of aliphatic hydroxyl groups is 1. The Bertz CT molecular complexity index is 799. The van der Waals surface area contributed by atoms with Gasteiger partial charge in [-0.15, -0.1) is 0 Å². The van der Waals surface area contributed by atoms with Crippen molar-refractivity contribution in [3.63, 3.8) is 0 Å². The number of likely N-dealkylation sites (tertiary alicyclic amines) is 1. The number of halogens is 1. The van der Waals surface area contributed by atoms with E-state index in [1.165, 1.54) is 12.1 Å². The average Bonchev–Trinajstić information content (AvgIpc) is 3.11. The SMILES string of the molecule is CCN(CCN1CCC(c2noc3cc(F)ccc23)CC1)C(=O)C(O)C(C)C. The Morgan fingerprint density at radius 2 is 2.11 bits per heavy atom. The first kappa shape index (κ1) is 20.7. The van der Waals surface area contributed by atoms with Crippen molar-refractivity contribution in [1.29, 1.82) is 0 Å². The fraction of sp³-hybridized carbons (Fsp3) is 0.619. The normalized spacial score (nSPS) is 17.4. The van der Waals surface area contributed by atoms with E-state index in [1.54, 1.807) is 11.0 Å². The highest BCUT2D eigenvalue weighted by Gasteiger charge is 2.27. The zero-order chi connectivity index (χ0) is 20.3. The summed E-state index contributed by atoms with van der Waals surface area (Å²) in [5.74, 6) is -0.283. The monoisotopic (exact) mass is 391 g/mol. The second kappa shape index (κ2) is 9.01. The minimum atomic E-state index is -0.934. The molecule has 154 valence electrons. The summed E-state index contributed by atoms with van der Waals surface area (Å²) in [6, 6.07) is 4.57. The second-order valence-electron chi connectivity index (χ2n) is 7.93. The number of carbonyl (C=O) groups excluding carboxylic acids is 1. The van der Waals surface area contributed by atoms with E-state index in [-0.39, 0.29) is 17.6 Å². The van der Waals surface area contributed by atoms with E-state index >= 15 is 0 Å². The number of nitrogens with zero attached hydrogens (tertiary/aromatic N) is 3. The molecule has 1 N–H and O–H groups in total. The van der Waals surface area contributed by atoms with Crippen LogP contribution in [-0.2, 0) is 4.79 Å². The summed E-state index contributed by atoms with van der Waals surface area (Å²) in [6.07, 6.45) is 0.970. The lowest BCUT2D eigenvalue weighted by molar-refractivity contribution is -0.142. The largest absolute Gasteiger partial charge is 0.383 e. The lowest BCUT2D eigenvalue weighted by Crippen LogP contribution is -2.46. The Kier molecular flexibility index (Phi) is 6.67. The van der Waals surface area contributed by atoms with Crippen LogP contribution in [0.4, 0.5) is 4.39 Å². The number of likely N-dealkylation sites (N-methyl/N-ethyl adjacent to an activating group) is 1. The predicted molar refractivity (Wildman–Crippen MR) is 105 cm³/mol. The molecular weight excluding hydrogens is 361 g/mol. The zero-order valence-corrected chi connectivity index (χ0v) is 16.9. The van der Waals surface area contributed by atoms with Crippen molar-refractivity contribution in [3.8, 4) is 0 Å². The van der Waals surface area contributed by atoms with Crippen LogP contribution in [0.3, 0.4) is 0 Å². The van der Waals surface area contributed by atoms with Crippen LogP contribution < -0.4 is 0 Å². The summed E-state index contributed by atoms with van der Waals surface area (Å²) >= 11 is 0. The summed E-state index contributed by atoms with van der Waals surface area (Å²) in [5, 5.41) is 15.1. The standard InChI is InChI=1S/C21H30FN3O3/c1-4-25(21(27)20(26)14(2)3)12-11-24-9-7-15(8-10-24)19-17-6-5-16(22)13-18(17)28-23-19/h5-6,13-15,20,26H,4,7-12H2,1-3H3. The van der Waals surface area contributed by atoms with Gasteiger partial charge in [0.25, 0.3) is 5.91 Å². The topological polar surface area (TPSA) is 69.8 Å². The van der Waals surface area contributed by atoms with Crippen LogP contribution in [0.2, 0.25) is 0 Å². The van der Waals surface area contributed by atoms with Crippen molar-refractivity contribution < 1.29 is 18.8 Å². The Balaban J connectivity index is 1.53. The minimum absolute atomic E-state index is 0.0805. The predicted octanol–water partition coefficient (Wildman–Crippen LogP) is 3.01. The van der Waals surface area contributed by atoms with Gasteiger partial charge in [-0.05, 0) is 50.9 Å². The Morgan fingerprint density at radius 3 is 2.75 bits per heavy atom. The first-order chi connectivity index (χ1) is 13.4. The van der Waals surface area contributed by atoms with Crippen molar-refractivity contribution in [2.24, 2.45) is 5.92 Å². The van der Waals surface area contributed by atoms with E-state index in [4.69, 9.17) is 4.52 Å². The molecule has 1 fully saturated rings. The van der Waals surface area contributed by atoms with Gasteiger partial charge in [-0.1, -0.05) is 19.0 Å². The van der Waals surface area contributed by atoms with Gasteiger partial charge in [-0.2, -0.15) is 0 Å². The fourth-order valence-corrected chi connectivity index (χ4v) is 3.81. The summed E-state index contributed by atoms with van der Waals surface area (Å²) < 4.78 is 18.6. The summed E-state index contributed by atoms with van der Waals surface area (Å²) in [7, 11) is 0. The van der Waals surface area contributed by atoms with Crippen molar-refractivity contribution >= 4 is 16.9 Å². The second-order valence-corrected chi connectivity index (χ2v) is 7.93. The maximum Gasteiger partial charge on any atom is 0.251 e. The number of aliphatic hydroxyl groups excluding tert-OH is 1. The van der Waals surface area contributed by atoms with Gasteiger partial charge in [-0.25, -0.2) is 4.39 Å². The van der Waals surface area contributed by atoms with Gasteiger partial charge in [0.15, 0.2) is 5.58 Å². The lowest BCUT2D eigenvalue weighted by Gasteiger charge is -2.33. The third-order valence-corrected chi connectivity index (χ3v) is 5.70. The maximum absolute atomic E-state index is 13.3. The van der Waals surface area contributed by atoms with Gasteiger partial charge in [0.05, 0.1) is 5.69 Å². The molecule has 1 unspecified atom stereocenters. The Labute approximate surface area is 165 Å². The first-order valence-corrected chi connectivity index (χ1v) is 10.1. The third-order valence-electron chi connectivity index (χ3n) is 5.70. The molecule has 28 heavy (non-hydrogen) atoms. The van der Waals surface area contributed by atoms with Gasteiger partial charge in [0, 0.05) is 37.0 Å². The molecule has 0 saturated carbocycles. The number of aromatic nitrogens is 1. The Hall–Kier alpha value is -1.99. The molecule has 1 aromatic carbocycles. The van der Waals surface area contributed by atoms with E-state index in [9.17, 15) is 14.3 Å². The third kappa shape index (κ3) is 4.52. The van der Waals surface area contributed by atoms with E-state index < -0.39 is 6.10 Å². The number of amides is 1. The molecule has 1 aromatic heterocycles. The Morgan fingerprint density at radius 1 is 1.39 bits per heavy atom. The molecule has 0 radical (unpaired) electrons. The highest BCUT2D eigenvalue weighted by atomic mass is 19.1. The van der Waals surface area contributed by atoms with E-state index in [1.807, 2.05) is 20.8 Å². The number of hydrogen-bond donors (Lipinski definition) is 1. The van der Waals surface area contributed by atoms with Crippen LogP contribution in [0.1, 0.15) is 45.2 Å². The quantitative estimate of drug-likeness (QED) is 0.786. The van der Waals surface area contributed by atoms with Crippen LogP contribution in [0.15, 0.2) is 22.7 Å². The number of benzene rings is 1. The summed E-state index contributed by atoms with van der Waals surface area (Å²) in [4.78, 5) is 16.4. The van der Waals surface area contributed by atoms with Gasteiger partial charge >= 0.3 is 0 Å². The molecule has 1 amide bonds. The molecule has 6 nitrogen and oxygen atoms in total. The molecule has 7 heteroatoms. The molecule has 1 atom stereocenters. The van der Waals surface area contributed by atoms with E-state index in [0.717, 1.165) is 43.6 Å². The van der Waals surface area contributed by atoms with E-state index in [2.05, 4.69) is 10.1 Å². The minimum Gasteiger partial charge on any atom is -0.383 e. The van der Waals surface area contributed by atoms with Crippen LogP contribution in [0, 0.1) is 11.7 Å². The molecular formula is C21H30FN3O3. The van der Waals surface area contributed by atoms with Gasteiger partial charge in [0.2, 0.25) is 0 Å². The lowest BCUT2D eigenvalue weighted by atomic mass is 9.91. The number of hydrogen-bond acceptors (Lipinski definition) is 5. The van der Waals surface area contributed by atoms with Crippen LogP contribution in [0.5, 0.6) is 0 Å². The molecule has 1 aliphatic heterocycles. The van der Waals surface area contributed by atoms with Crippen molar-refractivity contribution in [1.82, 2.24) is 15.0 Å². The van der Waals surface area contributed by atoms with Crippen molar-refractivity contribution in [3.05, 3.63) is 29.7 Å². The smallest absolute Gasteiger partial charge is 0.251 e. The van der Waals surface area contributed by atoms with Crippen molar-refractivity contribution in [2.75, 3.05) is 32.7 Å². The van der Waals surface area contributed by atoms with Crippen LogP contribution in [0.25, 0.3) is 11.0 Å².